The minimum atomic E-state index is -3.58. The maximum atomic E-state index is 14.3. The molecule has 2 unspecified atom stereocenters. The van der Waals surface area contributed by atoms with Gasteiger partial charge in [-0.2, -0.15) is 4.31 Å². The van der Waals surface area contributed by atoms with E-state index in [1.54, 1.807) is 25.7 Å². The average Bonchev–Trinajstić information content (AvgIpc) is 3.22. The maximum absolute atomic E-state index is 14.3. The molecule has 1 aliphatic heterocycles. The molecule has 10 heteroatoms. The number of piperidine rings is 1. The predicted molar refractivity (Wildman–Crippen MR) is 190 cm³/mol. The fraction of sp³-hybridized carbons (Fsp3) is 0.895. The highest BCUT2D eigenvalue weighted by Gasteiger charge is 2.69. The van der Waals surface area contributed by atoms with E-state index in [1.807, 2.05) is 41.5 Å². The SMILES string of the molecule is CN(C(C)(C)C)S(=O)(=O)CCCC(=O)C(O)C(CC(=O)[C@@H]1[C@@H]2[C@H](CN1C(=O)[C@@H](CC(=O)CC(C)(C)C)C(C)(C)C)C2(C)C)CC1CCC1. The number of nitrogens with zero attached hydrogens (tertiary/aromatic N) is 2. The van der Waals surface area contributed by atoms with Crippen molar-refractivity contribution >= 4 is 33.3 Å². The van der Waals surface area contributed by atoms with Crippen LogP contribution in [0.1, 0.15) is 134 Å². The van der Waals surface area contributed by atoms with E-state index in [-0.39, 0.29) is 71.6 Å². The fourth-order valence-corrected chi connectivity index (χ4v) is 9.61. The Kier molecular flexibility index (Phi) is 12.3. The molecule has 2 aliphatic carbocycles. The lowest BCUT2D eigenvalue weighted by atomic mass is 9.74. The zero-order chi connectivity index (χ0) is 36.8. The van der Waals surface area contributed by atoms with E-state index in [0.29, 0.717) is 25.3 Å². The number of hydrogen-bond acceptors (Lipinski definition) is 7. The summed E-state index contributed by atoms with van der Waals surface area (Å²) in [7, 11) is -2.05. The van der Waals surface area contributed by atoms with Gasteiger partial charge >= 0.3 is 0 Å². The lowest BCUT2D eigenvalue weighted by Gasteiger charge is -2.38. The summed E-state index contributed by atoms with van der Waals surface area (Å²) in [6.07, 6.45) is 2.75. The predicted octanol–water partition coefficient (Wildman–Crippen LogP) is 6.06. The summed E-state index contributed by atoms with van der Waals surface area (Å²) >= 11 is 0. The second-order valence-electron chi connectivity index (χ2n) is 19.2. The third kappa shape index (κ3) is 9.77. The Morgan fingerprint density at radius 2 is 1.54 bits per heavy atom. The minimum Gasteiger partial charge on any atom is -0.385 e. The number of likely N-dealkylation sites (tertiary alicyclic amines) is 1. The molecule has 2 saturated carbocycles. The first-order valence-electron chi connectivity index (χ1n) is 18.2. The van der Waals surface area contributed by atoms with Crippen molar-refractivity contribution in [2.45, 2.75) is 152 Å². The van der Waals surface area contributed by atoms with Crippen molar-refractivity contribution in [3.05, 3.63) is 0 Å². The van der Waals surface area contributed by atoms with Crippen molar-refractivity contribution in [1.29, 1.82) is 0 Å². The second-order valence-corrected chi connectivity index (χ2v) is 21.3. The van der Waals surface area contributed by atoms with Gasteiger partial charge < -0.3 is 10.0 Å². The van der Waals surface area contributed by atoms with Gasteiger partial charge in [-0.3, -0.25) is 19.2 Å². The Hall–Kier alpha value is -1.65. The van der Waals surface area contributed by atoms with Gasteiger partial charge in [0.05, 0.1) is 11.8 Å². The molecule has 0 bridgehead atoms. The van der Waals surface area contributed by atoms with Gasteiger partial charge in [0.2, 0.25) is 15.9 Å². The van der Waals surface area contributed by atoms with Gasteiger partial charge in [0.1, 0.15) is 11.9 Å². The van der Waals surface area contributed by atoms with Crippen molar-refractivity contribution in [3.8, 4) is 0 Å². The van der Waals surface area contributed by atoms with Gasteiger partial charge in [0.15, 0.2) is 11.6 Å². The Bertz CT molecular complexity index is 1310. The molecular weight excluding hydrogens is 628 g/mol. The zero-order valence-corrected chi connectivity index (χ0v) is 32.8. The number of hydrogen-bond donors (Lipinski definition) is 1. The first-order valence-corrected chi connectivity index (χ1v) is 19.8. The first kappa shape index (κ1) is 40.8. The summed E-state index contributed by atoms with van der Waals surface area (Å²) in [5.41, 5.74) is -1.35. The number of carbonyl (C=O) groups excluding carboxylic acids is 4. The molecule has 1 N–H and O–H groups in total. The van der Waals surface area contributed by atoms with Gasteiger partial charge in [0.25, 0.3) is 0 Å². The Labute approximate surface area is 291 Å². The van der Waals surface area contributed by atoms with Gasteiger partial charge in [-0.15, -0.1) is 0 Å². The monoisotopic (exact) mass is 694 g/mol. The van der Waals surface area contributed by atoms with E-state index in [1.165, 1.54) is 11.4 Å². The Morgan fingerprint density at radius 3 is 2.02 bits per heavy atom. The highest BCUT2D eigenvalue weighted by atomic mass is 32.2. The van der Waals surface area contributed by atoms with Crippen LogP contribution >= 0.6 is 0 Å². The molecular formula is C38H66N2O7S. The quantitative estimate of drug-likeness (QED) is 0.208. The number of ketones is 3. The Balaban J connectivity index is 1.78. The molecule has 0 aromatic rings. The summed E-state index contributed by atoms with van der Waals surface area (Å²) < 4.78 is 26.9. The molecule has 6 atom stereocenters. The fourth-order valence-electron chi connectivity index (χ4n) is 7.99. The van der Waals surface area contributed by atoms with E-state index in [9.17, 15) is 32.7 Å². The lowest BCUT2D eigenvalue weighted by molar-refractivity contribution is -0.148. The van der Waals surface area contributed by atoms with Crippen LogP contribution < -0.4 is 0 Å². The number of aliphatic hydroxyl groups is 1. The molecule has 0 radical (unpaired) electrons. The third-order valence-corrected chi connectivity index (χ3v) is 13.8. The number of sulfonamides is 1. The molecule has 3 aliphatic rings. The van der Waals surface area contributed by atoms with E-state index in [0.717, 1.165) is 19.3 Å². The normalized spacial score (nSPS) is 24.9. The molecule has 9 nitrogen and oxygen atoms in total. The zero-order valence-electron chi connectivity index (χ0n) is 32.0. The first-order chi connectivity index (χ1) is 21.7. The number of rotatable bonds is 16. The molecule has 1 amide bonds. The molecule has 1 heterocycles. The van der Waals surface area contributed by atoms with Crippen LogP contribution in [0.4, 0.5) is 0 Å². The highest BCUT2D eigenvalue weighted by Crippen LogP contribution is 2.65. The molecule has 3 fully saturated rings. The minimum absolute atomic E-state index is 0.00190. The topological polar surface area (TPSA) is 129 Å². The number of fused-ring (bicyclic) bond motifs is 1. The van der Waals surface area contributed by atoms with Crippen molar-refractivity contribution in [1.82, 2.24) is 9.21 Å². The third-order valence-electron chi connectivity index (χ3n) is 11.6. The van der Waals surface area contributed by atoms with Crippen molar-refractivity contribution in [2.75, 3.05) is 19.3 Å². The lowest BCUT2D eigenvalue weighted by Crippen LogP contribution is -2.51. The second kappa shape index (κ2) is 14.5. The van der Waals surface area contributed by atoms with Crippen molar-refractivity contribution in [2.24, 2.45) is 45.8 Å². The summed E-state index contributed by atoms with van der Waals surface area (Å²) in [4.78, 5) is 56.8. The highest BCUT2D eigenvalue weighted by molar-refractivity contribution is 7.89. The number of carbonyl (C=O) groups is 4. The van der Waals surface area contributed by atoms with Crippen molar-refractivity contribution < 1.29 is 32.7 Å². The van der Waals surface area contributed by atoms with Gasteiger partial charge in [-0.25, -0.2) is 8.42 Å². The van der Waals surface area contributed by atoms with Crippen LogP contribution in [0.5, 0.6) is 0 Å². The van der Waals surface area contributed by atoms with E-state index in [2.05, 4.69) is 13.8 Å². The molecule has 0 aromatic carbocycles. The van der Waals surface area contributed by atoms with Gasteiger partial charge in [0, 0.05) is 50.7 Å². The van der Waals surface area contributed by atoms with Crippen LogP contribution in [0.15, 0.2) is 0 Å². The molecule has 0 spiro atoms. The van der Waals surface area contributed by atoms with Crippen LogP contribution in [0.25, 0.3) is 0 Å². The standard InChI is InChI=1S/C38H66N2O7S/c1-35(2,3)22-26(41)21-27(36(4,5)6)34(45)40-23-28-31(38(28,10)11)32(40)30(43)20-25(19-24-15-13-16-24)33(44)29(42)17-14-18-48(46,47)39(12)37(7,8)9/h24-25,27-28,31-33,44H,13-23H2,1-12H3/t25?,27-,28+,31+,32-,33?/m1/s1. The van der Waals surface area contributed by atoms with Gasteiger partial charge in [-0.1, -0.05) is 74.7 Å². The van der Waals surface area contributed by atoms with Crippen LogP contribution in [0.3, 0.4) is 0 Å². The Morgan fingerprint density at radius 1 is 0.958 bits per heavy atom. The summed E-state index contributed by atoms with van der Waals surface area (Å²) in [5.74, 6) is -1.50. The molecule has 1 saturated heterocycles. The molecule has 0 aromatic heterocycles. The molecule has 48 heavy (non-hydrogen) atoms. The summed E-state index contributed by atoms with van der Waals surface area (Å²) in [6, 6.07) is -0.649. The summed E-state index contributed by atoms with van der Waals surface area (Å²) in [6.45, 7) is 22.1. The smallest absolute Gasteiger partial charge is 0.227 e. The molecule has 276 valence electrons. The number of amides is 1. The van der Waals surface area contributed by atoms with Crippen molar-refractivity contribution in [3.63, 3.8) is 0 Å². The summed E-state index contributed by atoms with van der Waals surface area (Å²) in [5, 5.41) is 11.4. The van der Waals surface area contributed by atoms with Crippen LogP contribution in [-0.2, 0) is 29.2 Å². The maximum Gasteiger partial charge on any atom is 0.227 e. The average molecular weight is 695 g/mol. The van der Waals surface area contributed by atoms with Crippen LogP contribution in [0, 0.1) is 45.8 Å². The number of aliphatic hydroxyl groups excluding tert-OH is 1. The number of Topliss-reactive ketones (excluding diaryl/α,β-unsaturated/α-hetero) is 3. The van der Waals surface area contributed by atoms with Gasteiger partial charge in [-0.05, 0) is 73.5 Å². The van der Waals surface area contributed by atoms with E-state index >= 15 is 0 Å². The molecule has 3 rings (SSSR count). The largest absolute Gasteiger partial charge is 0.385 e. The van der Waals surface area contributed by atoms with Crippen LogP contribution in [0.2, 0.25) is 0 Å². The van der Waals surface area contributed by atoms with E-state index < -0.39 is 50.7 Å². The van der Waals surface area contributed by atoms with Crippen LogP contribution in [-0.4, -0.2) is 83.0 Å². The van der Waals surface area contributed by atoms with E-state index in [4.69, 9.17) is 0 Å².